The van der Waals surface area contributed by atoms with Gasteiger partial charge in [-0.3, -0.25) is 0 Å². The zero-order chi connectivity index (χ0) is 18.0. The number of benzene rings is 1. The lowest BCUT2D eigenvalue weighted by molar-refractivity contribution is -0.137. The van der Waals surface area contributed by atoms with Crippen LogP contribution in [0.5, 0.6) is 0 Å². The fraction of sp³-hybridized carbons (Fsp3) is 0.588. The second kappa shape index (κ2) is 6.91. The number of ether oxygens (including phenoxy) is 1. The minimum absolute atomic E-state index is 0.102. The standard InChI is InChI=1S/C17H23F3N2O2/c1-16(2,3)24-15(23)22-9-5-8-14(11-22)21-13-7-4-6-12(10-13)17(18,19)20/h4,6-7,10,14,21H,5,8-9,11H2,1-3H3/t14-/m1/s1. The maximum Gasteiger partial charge on any atom is 0.416 e. The molecule has 1 aromatic carbocycles. The topological polar surface area (TPSA) is 41.6 Å². The molecule has 1 N–H and O–H groups in total. The monoisotopic (exact) mass is 344 g/mol. The average molecular weight is 344 g/mol. The van der Waals surface area contributed by atoms with Crippen molar-refractivity contribution in [3.8, 4) is 0 Å². The van der Waals surface area contributed by atoms with Crippen LogP contribution in [-0.4, -0.2) is 35.7 Å². The molecule has 2 rings (SSSR count). The maximum absolute atomic E-state index is 12.8. The van der Waals surface area contributed by atoms with Crippen LogP contribution in [0.4, 0.5) is 23.7 Å². The van der Waals surface area contributed by atoms with Crippen LogP contribution in [-0.2, 0) is 10.9 Å². The number of carbonyl (C=O) groups is 1. The number of likely N-dealkylation sites (tertiary alicyclic amines) is 1. The Balaban J connectivity index is 1.99. The molecule has 0 aromatic heterocycles. The maximum atomic E-state index is 12.8. The molecule has 1 atom stereocenters. The van der Waals surface area contributed by atoms with E-state index in [0.717, 1.165) is 25.0 Å². The molecule has 0 radical (unpaired) electrons. The lowest BCUT2D eigenvalue weighted by Gasteiger charge is -2.34. The fourth-order valence-corrected chi connectivity index (χ4v) is 2.61. The molecule has 1 amide bonds. The third-order valence-electron chi connectivity index (χ3n) is 3.63. The number of alkyl halides is 3. The lowest BCUT2D eigenvalue weighted by Crippen LogP contribution is -2.47. The number of hydrogen-bond donors (Lipinski definition) is 1. The summed E-state index contributed by atoms with van der Waals surface area (Å²) in [6.07, 6.45) is -3.20. The molecule has 0 spiro atoms. The van der Waals surface area contributed by atoms with Gasteiger partial charge in [-0.1, -0.05) is 6.07 Å². The molecule has 1 aliphatic heterocycles. The van der Waals surface area contributed by atoms with Gasteiger partial charge in [0.05, 0.1) is 5.56 Å². The van der Waals surface area contributed by atoms with Gasteiger partial charge in [0, 0.05) is 24.8 Å². The Labute approximate surface area is 140 Å². The van der Waals surface area contributed by atoms with Gasteiger partial charge in [-0.2, -0.15) is 13.2 Å². The predicted molar refractivity (Wildman–Crippen MR) is 85.9 cm³/mol. The van der Waals surface area contributed by atoms with Crippen molar-refractivity contribution in [2.24, 2.45) is 0 Å². The highest BCUT2D eigenvalue weighted by Crippen LogP contribution is 2.31. The van der Waals surface area contributed by atoms with Crippen molar-refractivity contribution >= 4 is 11.8 Å². The summed E-state index contributed by atoms with van der Waals surface area (Å²) in [6, 6.07) is 5.00. The molecule has 0 aliphatic carbocycles. The van der Waals surface area contributed by atoms with Gasteiger partial charge >= 0.3 is 12.3 Å². The Kier molecular flexibility index (Phi) is 5.30. The van der Waals surface area contributed by atoms with Crippen LogP contribution in [0.1, 0.15) is 39.2 Å². The van der Waals surface area contributed by atoms with E-state index in [1.165, 1.54) is 6.07 Å². The first-order valence-corrected chi connectivity index (χ1v) is 7.96. The first-order chi connectivity index (χ1) is 11.0. The molecule has 4 nitrogen and oxygen atoms in total. The summed E-state index contributed by atoms with van der Waals surface area (Å²) < 4.78 is 43.7. The van der Waals surface area contributed by atoms with Crippen molar-refractivity contribution in [1.29, 1.82) is 0 Å². The van der Waals surface area contributed by atoms with Gasteiger partial charge in [0.2, 0.25) is 0 Å². The van der Waals surface area contributed by atoms with Gasteiger partial charge in [-0.05, 0) is 51.8 Å². The van der Waals surface area contributed by atoms with Crippen LogP contribution in [0.25, 0.3) is 0 Å². The number of halogens is 3. The third kappa shape index (κ3) is 5.32. The molecule has 1 aromatic rings. The van der Waals surface area contributed by atoms with Gasteiger partial charge in [-0.15, -0.1) is 0 Å². The van der Waals surface area contributed by atoms with Gasteiger partial charge in [0.25, 0.3) is 0 Å². The smallest absolute Gasteiger partial charge is 0.416 e. The largest absolute Gasteiger partial charge is 0.444 e. The number of carbonyl (C=O) groups excluding carboxylic acids is 1. The van der Waals surface area contributed by atoms with E-state index in [1.807, 2.05) is 0 Å². The summed E-state index contributed by atoms with van der Waals surface area (Å²) in [4.78, 5) is 13.7. The fourth-order valence-electron chi connectivity index (χ4n) is 2.61. The van der Waals surface area contributed by atoms with Crippen LogP contribution in [0, 0.1) is 0 Å². The second-order valence-electron chi connectivity index (χ2n) is 6.99. The number of piperidine rings is 1. The second-order valence-corrected chi connectivity index (χ2v) is 6.99. The quantitative estimate of drug-likeness (QED) is 0.858. The Bertz CT molecular complexity index is 582. The third-order valence-corrected chi connectivity index (χ3v) is 3.63. The van der Waals surface area contributed by atoms with Crippen molar-refractivity contribution in [2.45, 2.75) is 51.4 Å². The molecule has 1 aliphatic rings. The Morgan fingerprint density at radius 2 is 2.00 bits per heavy atom. The van der Waals surface area contributed by atoms with E-state index < -0.39 is 23.4 Å². The molecule has 0 saturated carbocycles. The Morgan fingerprint density at radius 1 is 1.29 bits per heavy atom. The van der Waals surface area contributed by atoms with Crippen molar-refractivity contribution in [3.05, 3.63) is 29.8 Å². The summed E-state index contributed by atoms with van der Waals surface area (Å²) in [5, 5.41) is 3.09. The number of anilines is 1. The number of rotatable bonds is 2. The number of hydrogen-bond acceptors (Lipinski definition) is 3. The minimum Gasteiger partial charge on any atom is -0.444 e. The van der Waals surface area contributed by atoms with Gasteiger partial charge in [0.15, 0.2) is 0 Å². The van der Waals surface area contributed by atoms with Crippen LogP contribution in [0.3, 0.4) is 0 Å². The molecule has 1 fully saturated rings. The summed E-state index contributed by atoms with van der Waals surface area (Å²) in [5.41, 5.74) is -0.855. The van der Waals surface area contributed by atoms with E-state index in [0.29, 0.717) is 18.8 Å². The zero-order valence-electron chi connectivity index (χ0n) is 14.1. The summed E-state index contributed by atoms with van der Waals surface area (Å²) in [7, 11) is 0. The summed E-state index contributed by atoms with van der Waals surface area (Å²) >= 11 is 0. The molecule has 1 heterocycles. The number of nitrogens with one attached hydrogen (secondary N) is 1. The molecule has 1 saturated heterocycles. The highest BCUT2D eigenvalue weighted by molar-refractivity contribution is 5.68. The van der Waals surface area contributed by atoms with Crippen molar-refractivity contribution in [1.82, 2.24) is 4.90 Å². The molecule has 7 heteroatoms. The van der Waals surface area contributed by atoms with Crippen molar-refractivity contribution in [2.75, 3.05) is 18.4 Å². The van der Waals surface area contributed by atoms with E-state index >= 15 is 0 Å². The van der Waals surface area contributed by atoms with Gasteiger partial charge in [0.1, 0.15) is 5.60 Å². The first kappa shape index (κ1) is 18.4. The molecule has 24 heavy (non-hydrogen) atoms. The molecule has 134 valence electrons. The highest BCUT2D eigenvalue weighted by atomic mass is 19.4. The number of nitrogens with zero attached hydrogens (tertiary/aromatic N) is 1. The zero-order valence-corrected chi connectivity index (χ0v) is 14.1. The first-order valence-electron chi connectivity index (χ1n) is 7.96. The van der Waals surface area contributed by atoms with Crippen LogP contribution in [0.15, 0.2) is 24.3 Å². The van der Waals surface area contributed by atoms with Crippen molar-refractivity contribution < 1.29 is 22.7 Å². The molecule has 0 bridgehead atoms. The number of amides is 1. The average Bonchev–Trinajstić information content (AvgIpc) is 2.45. The van der Waals surface area contributed by atoms with Crippen LogP contribution >= 0.6 is 0 Å². The predicted octanol–water partition coefficient (Wildman–Crippen LogP) is 4.52. The minimum atomic E-state index is -4.37. The van der Waals surface area contributed by atoms with E-state index in [4.69, 9.17) is 4.74 Å². The summed E-state index contributed by atoms with van der Waals surface area (Å²) in [5.74, 6) is 0. The molecular formula is C17H23F3N2O2. The van der Waals surface area contributed by atoms with E-state index in [1.54, 1.807) is 31.7 Å². The van der Waals surface area contributed by atoms with E-state index in [9.17, 15) is 18.0 Å². The SMILES string of the molecule is CC(C)(C)OC(=O)N1CCC[C@@H](Nc2cccc(C(F)(F)F)c2)C1. The van der Waals surface area contributed by atoms with Gasteiger partial charge in [-0.25, -0.2) is 4.79 Å². The van der Waals surface area contributed by atoms with E-state index in [-0.39, 0.29) is 6.04 Å². The normalized spacial score (nSPS) is 19.1. The van der Waals surface area contributed by atoms with Gasteiger partial charge < -0.3 is 15.0 Å². The molecule has 0 unspecified atom stereocenters. The van der Waals surface area contributed by atoms with E-state index in [2.05, 4.69) is 5.32 Å². The Morgan fingerprint density at radius 3 is 2.62 bits per heavy atom. The highest BCUT2D eigenvalue weighted by Gasteiger charge is 2.31. The Hall–Kier alpha value is -1.92. The van der Waals surface area contributed by atoms with Crippen LogP contribution < -0.4 is 5.32 Å². The molecular weight excluding hydrogens is 321 g/mol. The summed E-state index contributed by atoms with van der Waals surface area (Å²) in [6.45, 7) is 6.40. The van der Waals surface area contributed by atoms with Crippen LogP contribution in [0.2, 0.25) is 0 Å². The van der Waals surface area contributed by atoms with Crippen molar-refractivity contribution in [3.63, 3.8) is 0 Å². The lowest BCUT2D eigenvalue weighted by atomic mass is 10.1.